The lowest BCUT2D eigenvalue weighted by molar-refractivity contribution is -0.153. The van der Waals surface area contributed by atoms with Crippen molar-refractivity contribution in [3.63, 3.8) is 0 Å². The second-order valence-corrected chi connectivity index (χ2v) is 6.99. The minimum absolute atomic E-state index is 0.106. The highest BCUT2D eigenvalue weighted by Gasteiger charge is 2.52. The van der Waals surface area contributed by atoms with E-state index in [9.17, 15) is 19.8 Å². The zero-order valence-electron chi connectivity index (χ0n) is 14.3. The summed E-state index contributed by atoms with van der Waals surface area (Å²) in [6.45, 7) is 5.25. The van der Waals surface area contributed by atoms with Crippen LogP contribution in [0, 0.1) is 0 Å². The summed E-state index contributed by atoms with van der Waals surface area (Å²) in [4.78, 5) is 23.7. The van der Waals surface area contributed by atoms with Gasteiger partial charge >= 0.3 is 12.1 Å². The Morgan fingerprint density at radius 2 is 1.92 bits per heavy atom. The Balaban J connectivity index is 2.31. The fourth-order valence-corrected chi connectivity index (χ4v) is 2.84. The number of aliphatic hydroxyl groups is 1. The molecule has 1 saturated carbocycles. The van der Waals surface area contributed by atoms with E-state index in [4.69, 9.17) is 9.47 Å². The molecule has 0 saturated heterocycles. The fraction of sp³-hybridized carbons (Fsp3) is 0.529. The van der Waals surface area contributed by atoms with E-state index in [-0.39, 0.29) is 12.8 Å². The van der Waals surface area contributed by atoms with Gasteiger partial charge in [0, 0.05) is 11.3 Å². The van der Waals surface area contributed by atoms with E-state index in [1.54, 1.807) is 39.0 Å². The van der Waals surface area contributed by atoms with Crippen LogP contribution in [0.2, 0.25) is 0 Å². The quantitative estimate of drug-likeness (QED) is 0.780. The van der Waals surface area contributed by atoms with Crippen LogP contribution in [0.4, 0.5) is 10.5 Å². The molecule has 7 heteroatoms. The van der Waals surface area contributed by atoms with Crippen LogP contribution in [0.3, 0.4) is 0 Å². The smallest absolute Gasteiger partial charge is 0.412 e. The largest absolute Gasteiger partial charge is 0.496 e. The first-order valence-electron chi connectivity index (χ1n) is 7.67. The number of nitrogens with one attached hydrogen (secondary N) is 1. The molecule has 1 aliphatic carbocycles. The van der Waals surface area contributed by atoms with E-state index < -0.39 is 29.2 Å². The van der Waals surface area contributed by atoms with E-state index in [0.29, 0.717) is 17.0 Å². The molecule has 1 aromatic carbocycles. The third-order valence-corrected chi connectivity index (χ3v) is 3.94. The van der Waals surface area contributed by atoms with Gasteiger partial charge in [0.15, 0.2) is 0 Å². The first-order valence-corrected chi connectivity index (χ1v) is 7.67. The Morgan fingerprint density at radius 1 is 1.29 bits per heavy atom. The van der Waals surface area contributed by atoms with Crippen LogP contribution >= 0.6 is 0 Å². The van der Waals surface area contributed by atoms with Gasteiger partial charge in [0.2, 0.25) is 0 Å². The number of hydrogen-bond donors (Lipinski definition) is 3. The molecule has 1 aromatic rings. The topological polar surface area (TPSA) is 105 Å². The van der Waals surface area contributed by atoms with Crippen LogP contribution in [-0.4, -0.2) is 41.1 Å². The molecule has 3 N–H and O–H groups in total. The van der Waals surface area contributed by atoms with Crippen molar-refractivity contribution in [1.82, 2.24) is 0 Å². The summed E-state index contributed by atoms with van der Waals surface area (Å²) in [5.41, 5.74) is -1.02. The predicted molar refractivity (Wildman–Crippen MR) is 87.4 cm³/mol. The predicted octanol–water partition coefficient (Wildman–Crippen LogP) is 2.52. The number of amides is 1. The number of anilines is 1. The number of benzene rings is 1. The first-order chi connectivity index (χ1) is 11.1. The highest BCUT2D eigenvalue weighted by atomic mass is 16.6. The van der Waals surface area contributed by atoms with Crippen LogP contribution in [0.15, 0.2) is 18.2 Å². The van der Waals surface area contributed by atoms with Crippen molar-refractivity contribution < 1.29 is 29.3 Å². The van der Waals surface area contributed by atoms with Crippen molar-refractivity contribution in [2.45, 2.75) is 50.7 Å². The van der Waals surface area contributed by atoms with Gasteiger partial charge in [0.05, 0.1) is 13.2 Å². The SMILES string of the molecule is COc1ccc(NC(=O)OC(C)(C)C)cc1C1(C(=O)O)CC(O)C1. The van der Waals surface area contributed by atoms with Gasteiger partial charge in [-0.1, -0.05) is 0 Å². The lowest BCUT2D eigenvalue weighted by Crippen LogP contribution is -2.50. The average Bonchev–Trinajstić information content (AvgIpc) is 2.41. The Labute approximate surface area is 140 Å². The highest BCUT2D eigenvalue weighted by Crippen LogP contribution is 2.48. The van der Waals surface area contributed by atoms with Crippen LogP contribution in [0.5, 0.6) is 5.75 Å². The summed E-state index contributed by atoms with van der Waals surface area (Å²) in [6, 6.07) is 4.76. The number of carbonyl (C=O) groups excluding carboxylic acids is 1. The molecule has 0 unspecified atom stereocenters. The van der Waals surface area contributed by atoms with Crippen molar-refractivity contribution in [1.29, 1.82) is 0 Å². The molecule has 0 aliphatic heterocycles. The van der Waals surface area contributed by atoms with Gasteiger partial charge in [-0.2, -0.15) is 0 Å². The van der Waals surface area contributed by atoms with Gasteiger partial charge in [-0.05, 0) is 51.8 Å². The number of carboxylic acids is 1. The molecule has 24 heavy (non-hydrogen) atoms. The standard InChI is InChI=1S/C17H23NO6/c1-16(2,3)24-15(22)18-10-5-6-13(23-4)12(7-10)17(14(20)21)8-11(19)9-17/h5-7,11,19H,8-9H2,1-4H3,(H,18,22)(H,20,21). The number of methoxy groups -OCH3 is 1. The summed E-state index contributed by atoms with van der Waals surface area (Å²) in [5.74, 6) is -0.625. The summed E-state index contributed by atoms with van der Waals surface area (Å²) < 4.78 is 10.5. The van der Waals surface area contributed by atoms with Crippen molar-refractivity contribution >= 4 is 17.7 Å². The molecule has 132 valence electrons. The lowest BCUT2D eigenvalue weighted by atomic mass is 9.62. The maximum Gasteiger partial charge on any atom is 0.412 e. The number of carbonyl (C=O) groups is 2. The van der Waals surface area contributed by atoms with Crippen LogP contribution in [0.1, 0.15) is 39.2 Å². The summed E-state index contributed by atoms with van der Waals surface area (Å²) in [6.07, 6.45) is -1.08. The van der Waals surface area contributed by atoms with Crippen LogP contribution in [0.25, 0.3) is 0 Å². The molecule has 0 radical (unpaired) electrons. The number of carboxylic acid groups (broad SMARTS) is 1. The third kappa shape index (κ3) is 3.62. The molecule has 1 aliphatic rings. The number of aliphatic carboxylic acids is 1. The van der Waals surface area contributed by atoms with Gasteiger partial charge in [-0.3, -0.25) is 10.1 Å². The number of rotatable bonds is 4. The fourth-order valence-electron chi connectivity index (χ4n) is 2.84. The third-order valence-electron chi connectivity index (χ3n) is 3.94. The minimum Gasteiger partial charge on any atom is -0.496 e. The molecule has 2 rings (SSSR count). The normalized spacial score (nSPS) is 23.1. The van der Waals surface area contributed by atoms with Crippen molar-refractivity contribution in [3.05, 3.63) is 23.8 Å². The maximum atomic E-state index is 11.9. The van der Waals surface area contributed by atoms with Crippen LogP contribution in [-0.2, 0) is 14.9 Å². The lowest BCUT2D eigenvalue weighted by Gasteiger charge is -2.42. The highest BCUT2D eigenvalue weighted by molar-refractivity contribution is 5.88. The van der Waals surface area contributed by atoms with Crippen molar-refractivity contribution in [2.75, 3.05) is 12.4 Å². The first kappa shape index (κ1) is 18.1. The molecule has 0 heterocycles. The maximum absolute atomic E-state index is 11.9. The number of aliphatic hydroxyl groups excluding tert-OH is 1. The van der Waals surface area contributed by atoms with Crippen LogP contribution < -0.4 is 10.1 Å². The Hall–Kier alpha value is -2.28. The molecule has 7 nitrogen and oxygen atoms in total. The Morgan fingerprint density at radius 3 is 2.38 bits per heavy atom. The van der Waals surface area contributed by atoms with E-state index >= 15 is 0 Å². The minimum atomic E-state index is -1.21. The van der Waals surface area contributed by atoms with E-state index in [1.165, 1.54) is 7.11 Å². The van der Waals surface area contributed by atoms with E-state index in [1.807, 2.05) is 0 Å². The molecular weight excluding hydrogens is 314 g/mol. The summed E-state index contributed by atoms with van der Waals surface area (Å²) >= 11 is 0. The van der Waals surface area contributed by atoms with Gasteiger partial charge < -0.3 is 19.7 Å². The Bertz CT molecular complexity index is 643. The van der Waals surface area contributed by atoms with Gasteiger partial charge in [0.1, 0.15) is 16.8 Å². The van der Waals surface area contributed by atoms with Gasteiger partial charge in [0.25, 0.3) is 0 Å². The number of ether oxygens (including phenoxy) is 2. The summed E-state index contributed by atoms with van der Waals surface area (Å²) in [5, 5.41) is 21.8. The van der Waals surface area contributed by atoms with E-state index in [0.717, 1.165) is 0 Å². The monoisotopic (exact) mass is 337 g/mol. The molecular formula is C17H23NO6. The molecule has 1 fully saturated rings. The molecule has 0 aromatic heterocycles. The van der Waals surface area contributed by atoms with Gasteiger partial charge in [-0.15, -0.1) is 0 Å². The molecule has 0 atom stereocenters. The Kier molecular flexibility index (Phi) is 4.75. The number of hydrogen-bond acceptors (Lipinski definition) is 5. The average molecular weight is 337 g/mol. The molecule has 1 amide bonds. The summed E-state index contributed by atoms with van der Waals surface area (Å²) in [7, 11) is 1.45. The van der Waals surface area contributed by atoms with Crippen molar-refractivity contribution in [3.8, 4) is 5.75 Å². The van der Waals surface area contributed by atoms with Gasteiger partial charge in [-0.25, -0.2) is 4.79 Å². The van der Waals surface area contributed by atoms with E-state index in [2.05, 4.69) is 5.32 Å². The molecule has 0 spiro atoms. The second-order valence-electron chi connectivity index (χ2n) is 6.99. The zero-order chi connectivity index (χ0) is 18.1. The van der Waals surface area contributed by atoms with Crippen molar-refractivity contribution in [2.24, 2.45) is 0 Å². The zero-order valence-corrected chi connectivity index (χ0v) is 14.3. The molecule has 0 bridgehead atoms. The second kappa shape index (κ2) is 6.32.